The van der Waals surface area contributed by atoms with E-state index in [-0.39, 0.29) is 24.3 Å². The van der Waals surface area contributed by atoms with Gasteiger partial charge in [-0.15, -0.1) is 0 Å². The highest BCUT2D eigenvalue weighted by atomic mass is 79.9. The van der Waals surface area contributed by atoms with Crippen molar-refractivity contribution in [2.45, 2.75) is 26.4 Å². The Morgan fingerprint density at radius 2 is 1.95 bits per heavy atom. The Bertz CT molecular complexity index is 1910. The lowest BCUT2D eigenvalue weighted by Gasteiger charge is -2.26. The molecule has 0 saturated carbocycles. The molecule has 1 aliphatic heterocycles. The molecule has 2 aromatic heterocycles. The maximum atomic E-state index is 14.1. The second-order valence-corrected chi connectivity index (χ2v) is 10.8. The van der Waals surface area contributed by atoms with Crippen LogP contribution < -0.4 is 24.4 Å². The van der Waals surface area contributed by atoms with E-state index in [9.17, 15) is 14.9 Å². The predicted octanol–water partition coefficient (Wildman–Crippen LogP) is 4.06. The van der Waals surface area contributed by atoms with Crippen molar-refractivity contribution in [2.75, 3.05) is 20.8 Å². The van der Waals surface area contributed by atoms with Crippen LogP contribution in [-0.2, 0) is 16.1 Å². The molecule has 4 aromatic rings. The maximum absolute atomic E-state index is 14.1. The first kappa shape index (κ1) is 27.4. The molecule has 0 amide bonds. The van der Waals surface area contributed by atoms with Crippen LogP contribution in [0.4, 0.5) is 0 Å². The van der Waals surface area contributed by atoms with Gasteiger partial charge in [-0.3, -0.25) is 9.36 Å². The van der Waals surface area contributed by atoms with E-state index in [1.165, 1.54) is 30.1 Å². The van der Waals surface area contributed by atoms with Crippen molar-refractivity contribution in [3.8, 4) is 17.6 Å². The Hall–Kier alpha value is -4.14. The molecule has 40 heavy (non-hydrogen) atoms. The fourth-order valence-electron chi connectivity index (χ4n) is 4.90. The van der Waals surface area contributed by atoms with Gasteiger partial charge in [0.2, 0.25) is 0 Å². The fraction of sp³-hybridized carbons (Fsp3) is 0.241. The minimum atomic E-state index is -0.827. The number of nitrogens with zero attached hydrogens (tertiary/aromatic N) is 4. The molecule has 5 rings (SSSR count). The van der Waals surface area contributed by atoms with Gasteiger partial charge in [0.05, 0.1) is 48.7 Å². The Kier molecular flexibility index (Phi) is 7.65. The summed E-state index contributed by atoms with van der Waals surface area (Å²) in [6, 6.07) is 12.6. The number of aromatic nitrogens is 2. The summed E-state index contributed by atoms with van der Waals surface area (Å²) in [7, 11) is 3.06. The van der Waals surface area contributed by atoms with Crippen molar-refractivity contribution in [3.05, 3.63) is 89.2 Å². The fourth-order valence-corrected chi connectivity index (χ4v) is 6.48. The van der Waals surface area contributed by atoms with Gasteiger partial charge in [-0.25, -0.2) is 9.79 Å². The van der Waals surface area contributed by atoms with Crippen LogP contribution in [0.15, 0.2) is 68.1 Å². The first-order valence-electron chi connectivity index (χ1n) is 12.4. The quantitative estimate of drug-likeness (QED) is 0.288. The van der Waals surface area contributed by atoms with E-state index >= 15 is 0 Å². The first-order valence-corrected chi connectivity index (χ1v) is 14.0. The number of nitriles is 1. The van der Waals surface area contributed by atoms with Gasteiger partial charge in [-0.05, 0) is 43.7 Å². The van der Waals surface area contributed by atoms with Gasteiger partial charge in [0, 0.05) is 27.1 Å². The molecule has 204 valence electrons. The minimum absolute atomic E-state index is 0.173. The number of para-hydroxylation sites is 1. The third kappa shape index (κ3) is 4.63. The van der Waals surface area contributed by atoms with Crippen LogP contribution in [0.1, 0.15) is 31.0 Å². The number of hydrogen-bond donors (Lipinski definition) is 0. The van der Waals surface area contributed by atoms with E-state index in [0.717, 1.165) is 16.5 Å². The lowest BCUT2D eigenvalue weighted by Crippen LogP contribution is -2.40. The van der Waals surface area contributed by atoms with E-state index < -0.39 is 12.0 Å². The summed E-state index contributed by atoms with van der Waals surface area (Å²) in [5.74, 6) is 0.396. The number of allylic oxidation sites excluding steroid dienone is 1. The molecule has 0 unspecified atom stereocenters. The number of carbonyl (C=O) groups is 1. The molecule has 2 aromatic carbocycles. The summed E-state index contributed by atoms with van der Waals surface area (Å²) < 4.78 is 20.8. The van der Waals surface area contributed by atoms with E-state index in [1.807, 2.05) is 41.1 Å². The number of hydrogen-bond acceptors (Lipinski definition) is 8. The van der Waals surface area contributed by atoms with Gasteiger partial charge in [0.1, 0.15) is 6.54 Å². The van der Waals surface area contributed by atoms with Crippen LogP contribution in [0, 0.1) is 11.3 Å². The lowest BCUT2D eigenvalue weighted by atomic mass is 9.95. The van der Waals surface area contributed by atoms with E-state index in [2.05, 4.69) is 27.0 Å². The standard InChI is InChI=1S/C29H25BrN4O5S/c1-5-39-28(36)25-16(2)32-29-34(26(25)19-13-22(37-3)23(38-4)14-20(19)30)27(35)24(40-29)12-17-15-33(11-10-31)21-9-7-6-8-18(17)21/h6-9,12-15,26H,5,11H2,1-4H3/b24-12-/t26-/m1/s1. The Morgan fingerprint density at radius 1 is 1.23 bits per heavy atom. The first-order chi connectivity index (χ1) is 19.3. The van der Waals surface area contributed by atoms with E-state index in [4.69, 9.17) is 14.2 Å². The van der Waals surface area contributed by atoms with Crippen LogP contribution in [0.5, 0.6) is 11.5 Å². The van der Waals surface area contributed by atoms with Gasteiger partial charge in [0.15, 0.2) is 16.3 Å². The molecular formula is C29H25BrN4O5S. The number of esters is 1. The molecule has 0 radical (unpaired) electrons. The Morgan fingerprint density at radius 3 is 2.65 bits per heavy atom. The lowest BCUT2D eigenvalue weighted by molar-refractivity contribution is -0.139. The molecule has 0 saturated heterocycles. The van der Waals surface area contributed by atoms with E-state index in [1.54, 1.807) is 26.0 Å². The molecule has 0 N–H and O–H groups in total. The molecule has 3 heterocycles. The summed E-state index contributed by atoms with van der Waals surface area (Å²) in [6.45, 7) is 3.82. The molecule has 9 nitrogen and oxygen atoms in total. The third-order valence-electron chi connectivity index (χ3n) is 6.66. The van der Waals surface area contributed by atoms with Gasteiger partial charge in [0.25, 0.3) is 5.56 Å². The Labute approximate surface area is 242 Å². The Balaban J connectivity index is 1.78. The topological polar surface area (TPSA) is 108 Å². The summed E-state index contributed by atoms with van der Waals surface area (Å²) in [5.41, 5.74) is 2.75. The van der Waals surface area contributed by atoms with Crippen LogP contribution in [0.3, 0.4) is 0 Å². The predicted molar refractivity (Wildman–Crippen MR) is 155 cm³/mol. The zero-order chi connectivity index (χ0) is 28.6. The molecular weight excluding hydrogens is 596 g/mol. The maximum Gasteiger partial charge on any atom is 0.338 e. The highest BCUT2D eigenvalue weighted by Crippen LogP contribution is 2.40. The average molecular weight is 622 g/mol. The number of halogens is 1. The second-order valence-electron chi connectivity index (χ2n) is 8.92. The largest absolute Gasteiger partial charge is 0.493 e. The van der Waals surface area contributed by atoms with Crippen molar-refractivity contribution in [1.29, 1.82) is 5.26 Å². The average Bonchev–Trinajstić information content (AvgIpc) is 3.44. The van der Waals surface area contributed by atoms with E-state index in [0.29, 0.717) is 36.6 Å². The number of fused-ring (bicyclic) bond motifs is 2. The number of methoxy groups -OCH3 is 2. The SMILES string of the molecule is CCOC(=O)C1=C(C)N=c2s/c(=C\c3cn(CC#N)c4ccccc34)c(=O)n2[C@@H]1c1cc(OC)c(OC)cc1Br. The van der Waals surface area contributed by atoms with Gasteiger partial charge in [-0.2, -0.15) is 5.26 Å². The highest BCUT2D eigenvalue weighted by molar-refractivity contribution is 9.10. The van der Waals surface area contributed by atoms with Crippen molar-refractivity contribution < 1.29 is 19.0 Å². The van der Waals surface area contributed by atoms with Crippen molar-refractivity contribution in [3.63, 3.8) is 0 Å². The number of thiazole rings is 1. The minimum Gasteiger partial charge on any atom is -0.493 e. The van der Waals surface area contributed by atoms with Crippen LogP contribution >= 0.6 is 27.3 Å². The monoisotopic (exact) mass is 620 g/mol. The number of ether oxygens (including phenoxy) is 3. The normalized spacial score (nSPS) is 15.0. The molecule has 0 fully saturated rings. The molecule has 0 bridgehead atoms. The molecule has 0 aliphatic carbocycles. The van der Waals surface area contributed by atoms with Gasteiger partial charge < -0.3 is 18.8 Å². The van der Waals surface area contributed by atoms with Crippen molar-refractivity contribution in [1.82, 2.24) is 9.13 Å². The molecule has 0 spiro atoms. The number of carbonyl (C=O) groups excluding carboxylic acids is 1. The number of benzene rings is 2. The molecule has 11 heteroatoms. The summed E-state index contributed by atoms with van der Waals surface area (Å²) in [5, 5.41) is 10.2. The number of rotatable bonds is 7. The van der Waals surface area contributed by atoms with Gasteiger partial charge >= 0.3 is 5.97 Å². The highest BCUT2D eigenvalue weighted by Gasteiger charge is 2.35. The zero-order valence-electron chi connectivity index (χ0n) is 22.2. The van der Waals surface area contributed by atoms with Crippen LogP contribution in [0.2, 0.25) is 0 Å². The molecule has 1 aliphatic rings. The zero-order valence-corrected chi connectivity index (χ0v) is 24.6. The van der Waals surface area contributed by atoms with Crippen molar-refractivity contribution >= 4 is 50.2 Å². The summed E-state index contributed by atoms with van der Waals surface area (Å²) >= 11 is 4.85. The smallest absolute Gasteiger partial charge is 0.338 e. The van der Waals surface area contributed by atoms with Gasteiger partial charge in [-0.1, -0.05) is 45.5 Å². The van der Waals surface area contributed by atoms with Crippen LogP contribution in [0.25, 0.3) is 17.0 Å². The third-order valence-corrected chi connectivity index (χ3v) is 8.33. The second kappa shape index (κ2) is 11.2. The summed E-state index contributed by atoms with van der Waals surface area (Å²) in [4.78, 5) is 32.4. The van der Waals surface area contributed by atoms with Crippen molar-refractivity contribution in [2.24, 2.45) is 4.99 Å². The van der Waals surface area contributed by atoms with Crippen LogP contribution in [-0.4, -0.2) is 35.9 Å². The summed E-state index contributed by atoms with van der Waals surface area (Å²) in [6.07, 6.45) is 3.67. The molecule has 1 atom stereocenters.